The lowest BCUT2D eigenvalue weighted by Crippen LogP contribution is -2.38. The summed E-state index contributed by atoms with van der Waals surface area (Å²) < 4.78 is 11.3. The van der Waals surface area contributed by atoms with Crippen LogP contribution in [0.25, 0.3) is 0 Å². The molecule has 5 nitrogen and oxygen atoms in total. The third kappa shape index (κ3) is 6.03. The fourth-order valence-electron chi connectivity index (χ4n) is 4.16. The van der Waals surface area contributed by atoms with Crippen molar-refractivity contribution in [3.05, 3.63) is 65.2 Å². The normalized spacial score (nSPS) is 18.9. The predicted octanol–water partition coefficient (Wildman–Crippen LogP) is 2.75. The lowest BCUT2D eigenvalue weighted by Gasteiger charge is -2.30. The van der Waals surface area contributed by atoms with Crippen molar-refractivity contribution < 1.29 is 14.6 Å². The average Bonchev–Trinajstić information content (AvgIpc) is 2.77. The van der Waals surface area contributed by atoms with Crippen molar-refractivity contribution in [1.82, 2.24) is 10.2 Å². The second-order valence-electron chi connectivity index (χ2n) is 8.13. The van der Waals surface area contributed by atoms with Gasteiger partial charge >= 0.3 is 0 Å². The molecule has 0 aromatic heterocycles. The minimum absolute atomic E-state index is 0.314. The summed E-state index contributed by atoms with van der Waals surface area (Å²) in [7, 11) is 0. The Bertz CT molecular complexity index is 776. The van der Waals surface area contributed by atoms with E-state index in [1.165, 1.54) is 16.7 Å². The second kappa shape index (κ2) is 10.2. The fraction of sp³-hybridized carbons (Fsp3) is 0.500. The van der Waals surface area contributed by atoms with E-state index in [1.54, 1.807) is 0 Å². The predicted molar refractivity (Wildman–Crippen MR) is 114 cm³/mol. The highest BCUT2D eigenvalue weighted by Crippen LogP contribution is 2.19. The Morgan fingerprint density at radius 2 is 1.93 bits per heavy atom. The molecule has 2 aromatic carbocycles. The van der Waals surface area contributed by atoms with E-state index < -0.39 is 6.10 Å². The van der Waals surface area contributed by atoms with Crippen molar-refractivity contribution in [2.75, 3.05) is 32.9 Å². The van der Waals surface area contributed by atoms with Gasteiger partial charge in [0, 0.05) is 45.4 Å². The second-order valence-corrected chi connectivity index (χ2v) is 8.13. The van der Waals surface area contributed by atoms with Gasteiger partial charge in [0.05, 0.1) is 0 Å². The summed E-state index contributed by atoms with van der Waals surface area (Å²) in [4.78, 5) is 2.31. The first kappa shape index (κ1) is 20.4. The van der Waals surface area contributed by atoms with Crippen LogP contribution in [0, 0.1) is 0 Å². The van der Waals surface area contributed by atoms with Crippen LogP contribution >= 0.6 is 0 Å². The van der Waals surface area contributed by atoms with E-state index in [2.05, 4.69) is 46.6 Å². The molecule has 156 valence electrons. The minimum Gasteiger partial charge on any atom is -0.491 e. The highest BCUT2D eigenvalue weighted by atomic mass is 16.5. The number of rotatable bonds is 8. The number of aliphatic hydroxyl groups is 1. The Balaban J connectivity index is 1.21. The van der Waals surface area contributed by atoms with Crippen molar-refractivity contribution in [2.45, 2.75) is 44.5 Å². The first-order valence-electron chi connectivity index (χ1n) is 10.8. The lowest BCUT2D eigenvalue weighted by atomic mass is 10.00. The highest BCUT2D eigenvalue weighted by molar-refractivity contribution is 5.29. The monoisotopic (exact) mass is 396 g/mol. The molecular weight excluding hydrogens is 364 g/mol. The van der Waals surface area contributed by atoms with E-state index in [0.29, 0.717) is 19.2 Å². The van der Waals surface area contributed by atoms with E-state index >= 15 is 0 Å². The molecule has 0 radical (unpaired) electrons. The molecule has 0 spiro atoms. The number of hydrogen-bond acceptors (Lipinski definition) is 5. The van der Waals surface area contributed by atoms with Crippen LogP contribution in [0.3, 0.4) is 0 Å². The van der Waals surface area contributed by atoms with Gasteiger partial charge in [-0.15, -0.1) is 0 Å². The summed E-state index contributed by atoms with van der Waals surface area (Å²) in [5, 5.41) is 14.1. The largest absolute Gasteiger partial charge is 0.491 e. The molecule has 5 heteroatoms. The summed E-state index contributed by atoms with van der Waals surface area (Å²) >= 11 is 0. The van der Waals surface area contributed by atoms with E-state index in [0.717, 1.165) is 57.9 Å². The van der Waals surface area contributed by atoms with Gasteiger partial charge in [0.1, 0.15) is 18.5 Å². The Hall–Kier alpha value is -1.92. The van der Waals surface area contributed by atoms with Gasteiger partial charge in [0.25, 0.3) is 0 Å². The number of aliphatic hydroxyl groups excluding tert-OH is 1. The summed E-state index contributed by atoms with van der Waals surface area (Å²) in [6, 6.07) is 17.3. The van der Waals surface area contributed by atoms with Crippen molar-refractivity contribution in [3.63, 3.8) is 0 Å². The third-order valence-corrected chi connectivity index (χ3v) is 5.84. The molecule has 0 aliphatic carbocycles. The zero-order chi connectivity index (χ0) is 19.9. The molecule has 0 bridgehead atoms. The molecule has 2 aromatic rings. The maximum absolute atomic E-state index is 10.5. The number of benzene rings is 2. The molecular formula is C24H32N2O3. The molecule has 2 heterocycles. The topological polar surface area (TPSA) is 54.0 Å². The Morgan fingerprint density at radius 3 is 2.79 bits per heavy atom. The van der Waals surface area contributed by atoms with Gasteiger partial charge in [-0.1, -0.05) is 36.4 Å². The number of β-amino-alcohol motifs (C(OH)–C–C–N with tert-alkyl or cyclic N) is 1. The van der Waals surface area contributed by atoms with E-state index in [1.807, 2.05) is 12.1 Å². The first-order chi connectivity index (χ1) is 14.3. The van der Waals surface area contributed by atoms with Gasteiger partial charge in [-0.25, -0.2) is 0 Å². The van der Waals surface area contributed by atoms with E-state index in [9.17, 15) is 5.11 Å². The molecule has 1 unspecified atom stereocenters. The van der Waals surface area contributed by atoms with Crippen molar-refractivity contribution in [3.8, 4) is 5.75 Å². The van der Waals surface area contributed by atoms with Crippen molar-refractivity contribution >= 4 is 0 Å². The van der Waals surface area contributed by atoms with Crippen LogP contribution in [0.2, 0.25) is 0 Å². The molecule has 2 N–H and O–H groups in total. The van der Waals surface area contributed by atoms with Crippen LogP contribution in [0.1, 0.15) is 29.5 Å². The number of nitrogens with one attached hydrogen (secondary N) is 1. The van der Waals surface area contributed by atoms with Crippen LogP contribution in [0.15, 0.2) is 48.5 Å². The zero-order valence-electron chi connectivity index (χ0n) is 17.1. The maximum Gasteiger partial charge on any atom is 0.119 e. The van der Waals surface area contributed by atoms with Gasteiger partial charge in [0.2, 0.25) is 0 Å². The SMILES string of the molecule is OC(COc1cccc(CNC2CCOCC2)c1)CN1CCc2ccccc2C1. The summed E-state index contributed by atoms with van der Waals surface area (Å²) in [6.45, 7) is 5.37. The van der Waals surface area contributed by atoms with E-state index in [-0.39, 0.29) is 0 Å². The number of nitrogens with zero attached hydrogens (tertiary/aromatic N) is 1. The smallest absolute Gasteiger partial charge is 0.119 e. The number of ether oxygens (including phenoxy) is 2. The van der Waals surface area contributed by atoms with Crippen LogP contribution in [-0.4, -0.2) is 55.1 Å². The fourth-order valence-corrected chi connectivity index (χ4v) is 4.16. The third-order valence-electron chi connectivity index (χ3n) is 5.84. The molecule has 1 saturated heterocycles. The Labute approximate surface area is 173 Å². The molecule has 4 rings (SSSR count). The Morgan fingerprint density at radius 1 is 1.10 bits per heavy atom. The van der Waals surface area contributed by atoms with Gasteiger partial charge < -0.3 is 19.9 Å². The van der Waals surface area contributed by atoms with Gasteiger partial charge in [-0.2, -0.15) is 0 Å². The highest BCUT2D eigenvalue weighted by Gasteiger charge is 2.19. The molecule has 0 amide bonds. The first-order valence-corrected chi connectivity index (χ1v) is 10.8. The summed E-state index contributed by atoms with van der Waals surface area (Å²) in [5.41, 5.74) is 4.01. The number of fused-ring (bicyclic) bond motifs is 1. The lowest BCUT2D eigenvalue weighted by molar-refractivity contribution is 0.0637. The van der Waals surface area contributed by atoms with Crippen molar-refractivity contribution in [1.29, 1.82) is 0 Å². The molecule has 1 fully saturated rings. The zero-order valence-corrected chi connectivity index (χ0v) is 17.1. The van der Waals surface area contributed by atoms with Crippen LogP contribution in [-0.2, 0) is 24.2 Å². The van der Waals surface area contributed by atoms with Crippen molar-refractivity contribution in [2.24, 2.45) is 0 Å². The molecule has 2 aliphatic heterocycles. The maximum atomic E-state index is 10.5. The standard InChI is InChI=1S/C24H32N2O3/c27-23(17-26-11-8-20-5-1-2-6-21(20)16-26)18-29-24-7-3-4-19(14-24)15-25-22-9-12-28-13-10-22/h1-7,14,22-23,25,27H,8-13,15-18H2. The quantitative estimate of drug-likeness (QED) is 0.719. The van der Waals surface area contributed by atoms with Gasteiger partial charge in [0.15, 0.2) is 0 Å². The Kier molecular flexibility index (Phi) is 7.17. The summed E-state index contributed by atoms with van der Waals surface area (Å²) in [5.74, 6) is 0.819. The minimum atomic E-state index is -0.496. The van der Waals surface area contributed by atoms with Crippen LogP contribution in [0.4, 0.5) is 0 Å². The molecule has 0 saturated carbocycles. The average molecular weight is 397 g/mol. The van der Waals surface area contributed by atoms with E-state index in [4.69, 9.17) is 9.47 Å². The molecule has 2 aliphatic rings. The van der Waals surface area contributed by atoms with Gasteiger partial charge in [-0.3, -0.25) is 4.90 Å². The molecule has 1 atom stereocenters. The van der Waals surface area contributed by atoms with Crippen LogP contribution in [0.5, 0.6) is 5.75 Å². The van der Waals surface area contributed by atoms with Crippen LogP contribution < -0.4 is 10.1 Å². The van der Waals surface area contributed by atoms with Gasteiger partial charge in [-0.05, 0) is 48.1 Å². The molecule has 29 heavy (non-hydrogen) atoms. The number of hydrogen-bond donors (Lipinski definition) is 2. The summed E-state index contributed by atoms with van der Waals surface area (Å²) in [6.07, 6.45) is 2.70.